The molecule has 4 aromatic rings. The van der Waals surface area contributed by atoms with E-state index in [1.54, 1.807) is 43.5 Å². The zero-order valence-corrected chi connectivity index (χ0v) is 18.7. The number of hydrogen-bond acceptors (Lipinski definition) is 7. The number of nitriles is 1. The minimum absolute atomic E-state index is 0.0994. The third-order valence-electron chi connectivity index (χ3n) is 4.91. The first-order chi connectivity index (χ1) is 16.0. The monoisotopic (exact) mass is 459 g/mol. The Bertz CT molecular complexity index is 1400. The van der Waals surface area contributed by atoms with Gasteiger partial charge in [0.1, 0.15) is 16.8 Å². The number of rotatable bonds is 7. The number of Topliss-reactive ketones (excluding diaryl/α,β-unsaturated/α-hetero) is 1. The summed E-state index contributed by atoms with van der Waals surface area (Å²) >= 11 is 1.10. The number of carbonyl (C=O) groups excluding carboxylic acids is 1. The molecule has 0 radical (unpaired) electrons. The van der Waals surface area contributed by atoms with Gasteiger partial charge in [0, 0.05) is 17.7 Å². The first kappa shape index (κ1) is 22.0. The Morgan fingerprint density at radius 2 is 1.88 bits per heavy atom. The van der Waals surface area contributed by atoms with E-state index < -0.39 is 11.4 Å². The summed E-state index contributed by atoms with van der Waals surface area (Å²) in [5.41, 5.74) is 2.68. The normalized spacial score (nSPS) is 10.6. The Kier molecular flexibility index (Phi) is 6.38. The average molecular weight is 460 g/mol. The van der Waals surface area contributed by atoms with Crippen LogP contribution in [-0.4, -0.2) is 28.9 Å². The van der Waals surface area contributed by atoms with E-state index >= 15 is 0 Å². The highest BCUT2D eigenvalue weighted by atomic mass is 32.2. The van der Waals surface area contributed by atoms with Crippen molar-refractivity contribution < 1.29 is 18.7 Å². The van der Waals surface area contributed by atoms with E-state index in [0.717, 1.165) is 22.9 Å². The van der Waals surface area contributed by atoms with Gasteiger partial charge in [0.15, 0.2) is 0 Å². The molecule has 164 valence electrons. The van der Waals surface area contributed by atoms with E-state index in [1.807, 2.05) is 31.2 Å². The summed E-state index contributed by atoms with van der Waals surface area (Å²) in [4.78, 5) is 29.8. The van der Waals surface area contributed by atoms with Crippen molar-refractivity contribution in [1.82, 2.24) is 10.3 Å². The van der Waals surface area contributed by atoms with Crippen LogP contribution in [0.1, 0.15) is 21.6 Å². The second kappa shape index (κ2) is 9.54. The zero-order chi connectivity index (χ0) is 23.4. The van der Waals surface area contributed by atoms with Crippen molar-refractivity contribution in [2.24, 2.45) is 0 Å². The molecular formula is C24H19N4O4S+. The average Bonchev–Trinajstić information content (AvgIpc) is 3.24. The van der Waals surface area contributed by atoms with Crippen LogP contribution in [0.25, 0.3) is 16.9 Å². The fourth-order valence-corrected chi connectivity index (χ4v) is 3.98. The Balaban J connectivity index is 1.59. The van der Waals surface area contributed by atoms with E-state index in [4.69, 9.17) is 9.26 Å². The van der Waals surface area contributed by atoms with E-state index in [0.29, 0.717) is 27.7 Å². The first-order valence-corrected chi connectivity index (χ1v) is 10.9. The Hall–Kier alpha value is -4.16. The quantitative estimate of drug-likeness (QED) is 0.256. The number of aromatic amines is 1. The van der Waals surface area contributed by atoms with Crippen LogP contribution in [0, 0.1) is 18.3 Å². The van der Waals surface area contributed by atoms with Crippen molar-refractivity contribution in [3.05, 3.63) is 87.9 Å². The summed E-state index contributed by atoms with van der Waals surface area (Å²) in [6, 6.07) is 20.2. The number of ketones is 1. The number of benzene rings is 2. The van der Waals surface area contributed by atoms with Gasteiger partial charge >= 0.3 is 11.3 Å². The van der Waals surface area contributed by atoms with Gasteiger partial charge in [-0.1, -0.05) is 41.6 Å². The van der Waals surface area contributed by atoms with Crippen molar-refractivity contribution in [3.8, 4) is 28.8 Å². The fourth-order valence-electron chi connectivity index (χ4n) is 3.15. The van der Waals surface area contributed by atoms with Gasteiger partial charge in [-0.2, -0.15) is 5.26 Å². The van der Waals surface area contributed by atoms with Crippen molar-refractivity contribution in [1.29, 1.82) is 5.26 Å². The van der Waals surface area contributed by atoms with Gasteiger partial charge in [0.05, 0.1) is 24.1 Å². The van der Waals surface area contributed by atoms with Gasteiger partial charge < -0.3 is 4.74 Å². The number of nitrogens with one attached hydrogen (secondary N) is 1. The molecule has 0 atom stereocenters. The van der Waals surface area contributed by atoms with E-state index in [9.17, 15) is 14.9 Å². The van der Waals surface area contributed by atoms with Crippen molar-refractivity contribution in [2.45, 2.75) is 11.9 Å². The molecule has 2 aromatic carbocycles. The maximum absolute atomic E-state index is 13.0. The molecule has 8 nitrogen and oxygen atoms in total. The molecule has 0 fully saturated rings. The largest absolute Gasteiger partial charge is 0.497 e. The smallest absolute Gasteiger partial charge is 0.438 e. The molecule has 0 saturated carbocycles. The molecule has 0 unspecified atom stereocenters. The Labute approximate surface area is 193 Å². The highest BCUT2D eigenvalue weighted by Crippen LogP contribution is 2.26. The van der Waals surface area contributed by atoms with Gasteiger partial charge in [-0.05, 0) is 41.1 Å². The predicted molar refractivity (Wildman–Crippen MR) is 122 cm³/mol. The lowest BCUT2D eigenvalue weighted by atomic mass is 10.1. The molecule has 2 aromatic heterocycles. The molecule has 33 heavy (non-hydrogen) atoms. The lowest BCUT2D eigenvalue weighted by molar-refractivity contribution is -0.672. The summed E-state index contributed by atoms with van der Waals surface area (Å²) in [5, 5.41) is 12.3. The standard InChI is InChI=1S/C24H18N4O4S/c1-15-3-5-16(6-4-15)20-12-7-17(13-25)23(26-20)33-14-21(29)22-24(30)32-27-28(22)18-8-10-19(31-2)11-9-18/h3-12H,14H2,1-2H3/p+1. The topological polar surface area (TPSA) is 113 Å². The Morgan fingerprint density at radius 3 is 2.55 bits per heavy atom. The first-order valence-electron chi connectivity index (χ1n) is 9.92. The lowest BCUT2D eigenvalue weighted by Gasteiger charge is -2.06. The molecule has 2 heterocycles. The number of pyridine rings is 1. The third kappa shape index (κ3) is 4.71. The number of nitrogens with zero attached hydrogens (tertiary/aromatic N) is 3. The number of H-pyrrole nitrogens is 1. The number of hydrogen-bond donors (Lipinski definition) is 1. The maximum Gasteiger partial charge on any atom is 0.438 e. The van der Waals surface area contributed by atoms with Crippen molar-refractivity contribution >= 4 is 17.5 Å². The zero-order valence-electron chi connectivity index (χ0n) is 17.9. The van der Waals surface area contributed by atoms with Crippen molar-refractivity contribution in [3.63, 3.8) is 0 Å². The number of methoxy groups -OCH3 is 1. The van der Waals surface area contributed by atoms with Gasteiger partial charge in [-0.25, -0.2) is 9.78 Å². The minimum atomic E-state index is -0.779. The summed E-state index contributed by atoms with van der Waals surface area (Å²) in [7, 11) is 1.55. The summed E-state index contributed by atoms with van der Waals surface area (Å²) in [6.45, 7) is 2.00. The molecule has 1 N–H and O–H groups in total. The molecule has 0 spiro atoms. The molecule has 0 amide bonds. The number of ether oxygens (including phenoxy) is 1. The van der Waals surface area contributed by atoms with Crippen LogP contribution in [0.3, 0.4) is 0 Å². The van der Waals surface area contributed by atoms with Crippen LogP contribution in [0.4, 0.5) is 0 Å². The number of aryl methyl sites for hydroxylation is 1. The SMILES string of the molecule is COc1ccc(-[n+]2[nH]oc(=O)c2C(=O)CSc2nc(-c3ccc(C)cc3)ccc2C#N)cc1. The minimum Gasteiger partial charge on any atom is -0.497 e. The highest BCUT2D eigenvalue weighted by molar-refractivity contribution is 8.00. The second-order valence-electron chi connectivity index (χ2n) is 7.10. The van der Waals surface area contributed by atoms with Crippen LogP contribution in [0.15, 0.2) is 75.0 Å². The predicted octanol–water partition coefficient (Wildman–Crippen LogP) is 3.47. The van der Waals surface area contributed by atoms with Gasteiger partial charge in [-0.3, -0.25) is 9.32 Å². The Morgan fingerprint density at radius 1 is 1.15 bits per heavy atom. The molecule has 9 heteroatoms. The summed E-state index contributed by atoms with van der Waals surface area (Å²) < 4.78 is 11.3. The van der Waals surface area contributed by atoms with Crippen molar-refractivity contribution in [2.75, 3.05) is 12.9 Å². The number of aromatic nitrogens is 3. The molecule has 0 saturated heterocycles. The van der Waals surface area contributed by atoms with Crippen LogP contribution in [0.2, 0.25) is 0 Å². The fraction of sp³-hybridized carbons (Fsp3) is 0.125. The molecule has 4 rings (SSSR count). The summed E-state index contributed by atoms with van der Waals surface area (Å²) in [6.07, 6.45) is 0. The van der Waals surface area contributed by atoms with Gasteiger partial charge in [0.25, 0.3) is 0 Å². The summed E-state index contributed by atoms with van der Waals surface area (Å²) in [5.74, 6) is 0.0760. The number of carbonyl (C=O) groups is 1. The second-order valence-corrected chi connectivity index (χ2v) is 8.07. The molecule has 0 aliphatic carbocycles. The van der Waals surface area contributed by atoms with Crippen LogP contribution < -0.4 is 15.0 Å². The molecule has 0 aliphatic rings. The van der Waals surface area contributed by atoms with Crippen LogP contribution in [-0.2, 0) is 0 Å². The highest BCUT2D eigenvalue weighted by Gasteiger charge is 2.30. The molecule has 0 bridgehead atoms. The molecule has 0 aliphatic heterocycles. The van der Waals surface area contributed by atoms with E-state index in [2.05, 4.69) is 16.3 Å². The van der Waals surface area contributed by atoms with E-state index in [1.165, 1.54) is 4.68 Å². The van der Waals surface area contributed by atoms with Crippen LogP contribution >= 0.6 is 11.8 Å². The maximum atomic E-state index is 13.0. The lowest BCUT2D eigenvalue weighted by Crippen LogP contribution is -2.41. The van der Waals surface area contributed by atoms with Crippen LogP contribution in [0.5, 0.6) is 5.75 Å². The number of thioether (sulfide) groups is 1. The van der Waals surface area contributed by atoms with Gasteiger partial charge in [-0.15, -0.1) is 0 Å². The third-order valence-corrected chi connectivity index (χ3v) is 5.90. The van der Waals surface area contributed by atoms with Gasteiger partial charge in [0.2, 0.25) is 11.5 Å². The van der Waals surface area contributed by atoms with E-state index in [-0.39, 0.29) is 11.4 Å². The molecular weight excluding hydrogens is 440 g/mol.